The molecule has 1 aromatic carbocycles. The van der Waals surface area contributed by atoms with Crippen LogP contribution in [0, 0.1) is 12.8 Å². The van der Waals surface area contributed by atoms with Gasteiger partial charge >= 0.3 is 0 Å². The molecule has 0 saturated carbocycles. The molecule has 40 heavy (non-hydrogen) atoms. The summed E-state index contributed by atoms with van der Waals surface area (Å²) >= 11 is 0. The lowest BCUT2D eigenvalue weighted by atomic mass is 10.0. The number of hydrogen-bond acceptors (Lipinski definition) is 7. The van der Waals surface area contributed by atoms with E-state index in [2.05, 4.69) is 20.8 Å². The quantitative estimate of drug-likeness (QED) is 0.511. The van der Waals surface area contributed by atoms with E-state index in [-0.39, 0.29) is 30.8 Å². The van der Waals surface area contributed by atoms with E-state index in [1.54, 1.807) is 13.1 Å². The normalized spacial score (nSPS) is 17.3. The molecule has 0 fully saturated rings. The summed E-state index contributed by atoms with van der Waals surface area (Å²) < 4.78 is 13.3. The van der Waals surface area contributed by atoms with Crippen LogP contribution in [0.5, 0.6) is 5.75 Å². The smallest absolute Gasteiger partial charge is 0.259 e. The number of rotatable bonds is 4. The topological polar surface area (TPSA) is 132 Å². The molecular formula is C29H38N6O5. The van der Waals surface area contributed by atoms with Crippen LogP contribution in [0.3, 0.4) is 0 Å². The molecule has 0 radical (unpaired) electrons. The van der Waals surface area contributed by atoms with Crippen LogP contribution in [0.4, 0.5) is 0 Å². The fourth-order valence-corrected chi connectivity index (χ4v) is 4.80. The van der Waals surface area contributed by atoms with Gasteiger partial charge in [-0.05, 0) is 44.2 Å². The van der Waals surface area contributed by atoms with Gasteiger partial charge < -0.3 is 29.4 Å². The standard InChI is InChI=1S/C29H38N6O5/c1-5-23-26(20(4)40-33-23)29(38)35-12-7-15-39-22-9-6-8-21(17-22)27-30-10-13-34(27)14-11-31-28(37)24(16-19(2)3)32-25(36)18-35/h6,8-10,13,17,19,24H,5,7,11-12,14-16,18H2,1-4H3,(H,31,37)(H,32,36)/t24-/m1/s1. The van der Waals surface area contributed by atoms with Crippen LogP contribution in [-0.4, -0.2) is 69.6 Å². The van der Waals surface area contributed by atoms with Crippen molar-refractivity contribution < 1.29 is 23.6 Å². The molecule has 0 aliphatic carbocycles. The SMILES string of the molecule is CCc1noc(C)c1C(=O)N1CCCOc2cccc(c2)-c2nccn2CCNC(=O)[C@@H](CC(C)C)NC(=O)C1. The minimum atomic E-state index is -0.728. The lowest BCUT2D eigenvalue weighted by Crippen LogP contribution is -2.51. The molecule has 11 heteroatoms. The summed E-state index contributed by atoms with van der Waals surface area (Å²) in [6.07, 6.45) is 5.06. The minimum absolute atomic E-state index is 0.170. The molecule has 2 bridgehead atoms. The molecule has 1 aliphatic rings. The Balaban J connectivity index is 1.61. The maximum Gasteiger partial charge on any atom is 0.259 e. The zero-order valence-electron chi connectivity index (χ0n) is 23.6. The van der Waals surface area contributed by atoms with Gasteiger partial charge in [0.05, 0.1) is 18.8 Å². The Bertz CT molecular complexity index is 1330. The number of fused-ring (bicyclic) bond motifs is 4. The maximum absolute atomic E-state index is 13.6. The van der Waals surface area contributed by atoms with Gasteiger partial charge in [-0.2, -0.15) is 0 Å². The van der Waals surface area contributed by atoms with Crippen LogP contribution in [0.25, 0.3) is 11.4 Å². The third-order valence-electron chi connectivity index (χ3n) is 6.76. The van der Waals surface area contributed by atoms with E-state index in [4.69, 9.17) is 9.26 Å². The Morgan fingerprint density at radius 1 is 1.23 bits per heavy atom. The zero-order chi connectivity index (χ0) is 28.6. The Morgan fingerprint density at radius 3 is 2.83 bits per heavy atom. The van der Waals surface area contributed by atoms with E-state index in [0.717, 1.165) is 11.4 Å². The molecule has 0 saturated heterocycles. The van der Waals surface area contributed by atoms with Crippen molar-refractivity contribution in [3.8, 4) is 17.1 Å². The first-order valence-electron chi connectivity index (χ1n) is 13.8. The Kier molecular flexibility index (Phi) is 9.57. The lowest BCUT2D eigenvalue weighted by molar-refractivity contribution is -0.129. The number of ether oxygens (including phenoxy) is 1. The third-order valence-corrected chi connectivity index (χ3v) is 6.76. The average Bonchev–Trinajstić information content (AvgIpc) is 3.55. The van der Waals surface area contributed by atoms with Gasteiger partial charge in [0, 0.05) is 37.6 Å². The molecule has 2 aromatic heterocycles. The summed E-state index contributed by atoms with van der Waals surface area (Å²) in [4.78, 5) is 45.9. The highest BCUT2D eigenvalue weighted by Crippen LogP contribution is 2.23. The number of nitrogens with zero attached hydrogens (tertiary/aromatic N) is 4. The van der Waals surface area contributed by atoms with Crippen molar-refractivity contribution in [1.29, 1.82) is 0 Å². The Morgan fingerprint density at radius 2 is 2.05 bits per heavy atom. The molecule has 0 unspecified atom stereocenters. The number of aromatic nitrogens is 3. The lowest BCUT2D eigenvalue weighted by Gasteiger charge is -2.25. The summed E-state index contributed by atoms with van der Waals surface area (Å²) in [6.45, 7) is 8.84. The first kappa shape index (κ1) is 28.8. The van der Waals surface area contributed by atoms with Gasteiger partial charge in [-0.15, -0.1) is 0 Å². The van der Waals surface area contributed by atoms with Crippen LogP contribution in [0.15, 0.2) is 41.2 Å². The van der Waals surface area contributed by atoms with Gasteiger partial charge in [-0.3, -0.25) is 14.4 Å². The number of carbonyl (C=O) groups excluding carboxylic acids is 3. The predicted octanol–water partition coefficient (Wildman–Crippen LogP) is 2.98. The highest BCUT2D eigenvalue weighted by Gasteiger charge is 2.28. The van der Waals surface area contributed by atoms with Crippen molar-refractivity contribution in [3.63, 3.8) is 0 Å². The maximum atomic E-state index is 13.6. The molecule has 214 valence electrons. The summed E-state index contributed by atoms with van der Waals surface area (Å²) in [6, 6.07) is 6.93. The van der Waals surface area contributed by atoms with Crippen molar-refractivity contribution >= 4 is 17.7 Å². The summed E-state index contributed by atoms with van der Waals surface area (Å²) in [5.74, 6) is 1.01. The van der Waals surface area contributed by atoms with Crippen molar-refractivity contribution in [2.24, 2.45) is 5.92 Å². The van der Waals surface area contributed by atoms with Gasteiger partial charge in [0.1, 0.15) is 28.9 Å². The molecule has 3 aromatic rings. The summed E-state index contributed by atoms with van der Waals surface area (Å²) in [5.41, 5.74) is 1.82. The van der Waals surface area contributed by atoms with Gasteiger partial charge in [0.15, 0.2) is 0 Å². The van der Waals surface area contributed by atoms with E-state index in [0.29, 0.717) is 61.7 Å². The molecule has 1 aliphatic heterocycles. The summed E-state index contributed by atoms with van der Waals surface area (Å²) in [5, 5.41) is 9.82. The number of carbonyl (C=O) groups is 3. The molecule has 0 spiro atoms. The van der Waals surface area contributed by atoms with Gasteiger partial charge in [0.2, 0.25) is 11.8 Å². The second kappa shape index (κ2) is 13.3. The summed E-state index contributed by atoms with van der Waals surface area (Å²) in [7, 11) is 0. The molecule has 3 heterocycles. The molecule has 4 rings (SSSR count). The number of benzene rings is 1. The van der Waals surface area contributed by atoms with E-state index in [1.165, 1.54) is 4.90 Å². The molecular weight excluding hydrogens is 512 g/mol. The first-order valence-corrected chi connectivity index (χ1v) is 13.8. The molecule has 1 atom stereocenters. The molecule has 11 nitrogen and oxygen atoms in total. The van der Waals surface area contributed by atoms with E-state index < -0.39 is 11.9 Å². The number of hydrogen-bond donors (Lipinski definition) is 2. The van der Waals surface area contributed by atoms with Gasteiger partial charge in [-0.1, -0.05) is 38.1 Å². The van der Waals surface area contributed by atoms with Gasteiger partial charge in [0.25, 0.3) is 5.91 Å². The second-order valence-electron chi connectivity index (χ2n) is 10.4. The van der Waals surface area contributed by atoms with Crippen molar-refractivity contribution in [3.05, 3.63) is 53.7 Å². The van der Waals surface area contributed by atoms with Crippen molar-refractivity contribution in [1.82, 2.24) is 30.2 Å². The number of amides is 3. The first-order chi connectivity index (χ1) is 19.3. The average molecular weight is 551 g/mol. The Labute approximate surface area is 234 Å². The highest BCUT2D eigenvalue weighted by molar-refractivity contribution is 5.98. The van der Waals surface area contributed by atoms with E-state index in [1.807, 2.05) is 55.8 Å². The zero-order valence-corrected chi connectivity index (χ0v) is 23.6. The monoisotopic (exact) mass is 550 g/mol. The van der Waals surface area contributed by atoms with E-state index in [9.17, 15) is 14.4 Å². The third kappa shape index (κ3) is 7.08. The number of nitrogens with one attached hydrogen (secondary N) is 2. The van der Waals surface area contributed by atoms with Crippen molar-refractivity contribution in [2.45, 2.75) is 59.5 Å². The largest absolute Gasteiger partial charge is 0.494 e. The van der Waals surface area contributed by atoms with Crippen LogP contribution in [-0.2, 0) is 22.6 Å². The van der Waals surface area contributed by atoms with Crippen molar-refractivity contribution in [2.75, 3.05) is 26.2 Å². The molecule has 2 N–H and O–H groups in total. The fraction of sp³-hybridized carbons (Fsp3) is 0.483. The highest BCUT2D eigenvalue weighted by atomic mass is 16.5. The van der Waals surface area contributed by atoms with Crippen LogP contribution in [0.2, 0.25) is 0 Å². The minimum Gasteiger partial charge on any atom is -0.494 e. The van der Waals surface area contributed by atoms with Gasteiger partial charge in [-0.25, -0.2) is 4.98 Å². The molecule has 3 amide bonds. The van der Waals surface area contributed by atoms with Crippen LogP contribution in [0.1, 0.15) is 55.4 Å². The van der Waals surface area contributed by atoms with Crippen LogP contribution >= 0.6 is 0 Å². The number of aryl methyl sites for hydroxylation is 2. The van der Waals surface area contributed by atoms with E-state index >= 15 is 0 Å². The Hall–Kier alpha value is -4.15. The number of imidazole rings is 1. The fourth-order valence-electron chi connectivity index (χ4n) is 4.80. The van der Waals surface area contributed by atoms with Crippen LogP contribution < -0.4 is 15.4 Å². The predicted molar refractivity (Wildman–Crippen MR) is 149 cm³/mol. The second-order valence-corrected chi connectivity index (χ2v) is 10.4.